The Morgan fingerprint density at radius 2 is 1.86 bits per heavy atom. The Balaban J connectivity index is 1.47. The van der Waals surface area contributed by atoms with Gasteiger partial charge in [0.15, 0.2) is 0 Å². The van der Waals surface area contributed by atoms with Crippen molar-refractivity contribution in [2.24, 2.45) is 5.92 Å². The molecule has 2 heterocycles. The second-order valence-electron chi connectivity index (χ2n) is 7.92. The van der Waals surface area contributed by atoms with Crippen LogP contribution < -0.4 is 5.32 Å². The lowest BCUT2D eigenvalue weighted by Gasteiger charge is -2.32. The lowest BCUT2D eigenvalue weighted by molar-refractivity contribution is -0.138. The SMILES string of the molecule is Cc1nc(CN2CCC(C(=O)N(C)CC(=O)Nc3c(C)cccc3C)CC2)cs1. The van der Waals surface area contributed by atoms with E-state index >= 15 is 0 Å². The number of aromatic nitrogens is 1. The lowest BCUT2D eigenvalue weighted by Crippen LogP contribution is -2.43. The van der Waals surface area contributed by atoms with Crippen LogP contribution in [0.15, 0.2) is 23.6 Å². The van der Waals surface area contributed by atoms with E-state index in [0.717, 1.165) is 60.0 Å². The van der Waals surface area contributed by atoms with E-state index in [1.807, 2.05) is 39.0 Å². The number of carbonyl (C=O) groups excluding carboxylic acids is 2. The predicted octanol–water partition coefficient (Wildman–Crippen LogP) is 3.38. The van der Waals surface area contributed by atoms with Crippen molar-refractivity contribution in [1.29, 1.82) is 0 Å². The second-order valence-corrected chi connectivity index (χ2v) is 8.98. The van der Waals surface area contributed by atoms with Crippen LogP contribution in [0.5, 0.6) is 0 Å². The first-order chi connectivity index (χ1) is 13.8. The number of likely N-dealkylation sites (tertiary alicyclic amines) is 1. The van der Waals surface area contributed by atoms with Gasteiger partial charge in [-0.15, -0.1) is 11.3 Å². The van der Waals surface area contributed by atoms with Crippen LogP contribution in [0.1, 0.15) is 34.7 Å². The smallest absolute Gasteiger partial charge is 0.243 e. The summed E-state index contributed by atoms with van der Waals surface area (Å²) in [6.45, 7) is 8.65. The van der Waals surface area contributed by atoms with Gasteiger partial charge in [0.1, 0.15) is 0 Å². The Labute approximate surface area is 176 Å². The maximum Gasteiger partial charge on any atom is 0.243 e. The monoisotopic (exact) mass is 414 g/mol. The molecule has 7 heteroatoms. The summed E-state index contributed by atoms with van der Waals surface area (Å²) in [4.78, 5) is 33.7. The molecule has 1 N–H and O–H groups in total. The van der Waals surface area contributed by atoms with E-state index in [2.05, 4.69) is 20.6 Å². The molecule has 0 radical (unpaired) electrons. The summed E-state index contributed by atoms with van der Waals surface area (Å²) in [5.41, 5.74) is 3.99. The largest absolute Gasteiger partial charge is 0.336 e. The Morgan fingerprint density at radius 1 is 1.21 bits per heavy atom. The third-order valence-electron chi connectivity index (χ3n) is 5.49. The molecule has 1 aromatic carbocycles. The molecule has 1 aliphatic heterocycles. The van der Waals surface area contributed by atoms with Crippen LogP contribution >= 0.6 is 11.3 Å². The minimum atomic E-state index is -0.158. The zero-order valence-corrected chi connectivity index (χ0v) is 18.5. The number of benzene rings is 1. The normalized spacial score (nSPS) is 15.3. The van der Waals surface area contributed by atoms with E-state index in [-0.39, 0.29) is 24.3 Å². The number of thiazole rings is 1. The number of rotatable bonds is 6. The average Bonchev–Trinajstić information content (AvgIpc) is 3.09. The summed E-state index contributed by atoms with van der Waals surface area (Å²) in [7, 11) is 1.72. The molecule has 0 aliphatic carbocycles. The van der Waals surface area contributed by atoms with Gasteiger partial charge in [-0.25, -0.2) is 4.98 Å². The minimum absolute atomic E-state index is 0.0126. The minimum Gasteiger partial charge on any atom is -0.336 e. The molecule has 0 spiro atoms. The molecule has 2 amide bonds. The topological polar surface area (TPSA) is 65.5 Å². The molecule has 1 saturated heterocycles. The third-order valence-corrected chi connectivity index (χ3v) is 6.31. The zero-order valence-electron chi connectivity index (χ0n) is 17.7. The van der Waals surface area contributed by atoms with Gasteiger partial charge in [-0.3, -0.25) is 14.5 Å². The molecular formula is C22H30N4O2S. The first kappa shape index (κ1) is 21.5. The summed E-state index contributed by atoms with van der Waals surface area (Å²) in [6.07, 6.45) is 1.65. The molecule has 1 aromatic heterocycles. The second kappa shape index (κ2) is 9.50. The van der Waals surface area contributed by atoms with Crippen LogP contribution in [0, 0.1) is 26.7 Å². The van der Waals surface area contributed by atoms with Crippen molar-refractivity contribution in [3.8, 4) is 0 Å². The number of aryl methyl sites for hydroxylation is 3. The number of likely N-dealkylation sites (N-methyl/N-ethyl adjacent to an activating group) is 1. The van der Waals surface area contributed by atoms with Crippen LogP contribution in [-0.4, -0.2) is 53.3 Å². The Morgan fingerprint density at radius 3 is 2.45 bits per heavy atom. The number of amides is 2. The number of hydrogen-bond acceptors (Lipinski definition) is 5. The maximum absolute atomic E-state index is 12.8. The molecule has 6 nitrogen and oxygen atoms in total. The van der Waals surface area contributed by atoms with E-state index in [0.29, 0.717) is 0 Å². The number of para-hydroxylation sites is 1. The van der Waals surface area contributed by atoms with Gasteiger partial charge < -0.3 is 10.2 Å². The van der Waals surface area contributed by atoms with Gasteiger partial charge in [-0.2, -0.15) is 0 Å². The molecular weight excluding hydrogens is 384 g/mol. The summed E-state index contributed by atoms with van der Waals surface area (Å²) in [6, 6.07) is 5.91. The standard InChI is InChI=1S/C22H30N4O2S/c1-15-6-5-7-16(2)21(15)24-20(27)13-25(4)22(28)18-8-10-26(11-9-18)12-19-14-29-17(3)23-19/h5-7,14,18H,8-13H2,1-4H3,(H,24,27). The molecule has 1 aliphatic rings. The average molecular weight is 415 g/mol. The fourth-order valence-corrected chi connectivity index (χ4v) is 4.45. The van der Waals surface area contributed by atoms with Crippen molar-refractivity contribution in [3.05, 3.63) is 45.4 Å². The summed E-state index contributed by atoms with van der Waals surface area (Å²) < 4.78 is 0. The fraction of sp³-hybridized carbons (Fsp3) is 0.500. The highest BCUT2D eigenvalue weighted by atomic mass is 32.1. The predicted molar refractivity (Wildman–Crippen MR) is 117 cm³/mol. The van der Waals surface area contributed by atoms with E-state index in [4.69, 9.17) is 0 Å². The van der Waals surface area contributed by atoms with Gasteiger partial charge in [0, 0.05) is 30.6 Å². The fourth-order valence-electron chi connectivity index (χ4n) is 3.84. The van der Waals surface area contributed by atoms with Crippen LogP contribution in [0.3, 0.4) is 0 Å². The molecule has 0 bridgehead atoms. The highest BCUT2D eigenvalue weighted by molar-refractivity contribution is 7.09. The van der Waals surface area contributed by atoms with Gasteiger partial charge in [-0.05, 0) is 57.8 Å². The highest BCUT2D eigenvalue weighted by Gasteiger charge is 2.28. The Hall–Kier alpha value is -2.25. The molecule has 3 rings (SSSR count). The van der Waals surface area contributed by atoms with Gasteiger partial charge in [0.25, 0.3) is 0 Å². The number of anilines is 1. The number of hydrogen-bond donors (Lipinski definition) is 1. The first-order valence-electron chi connectivity index (χ1n) is 10.1. The van der Waals surface area contributed by atoms with Crippen LogP contribution in [0.4, 0.5) is 5.69 Å². The number of carbonyl (C=O) groups is 2. The van der Waals surface area contributed by atoms with Crippen LogP contribution in [-0.2, 0) is 16.1 Å². The summed E-state index contributed by atoms with van der Waals surface area (Å²) >= 11 is 1.67. The molecule has 1 fully saturated rings. The zero-order chi connectivity index (χ0) is 21.0. The molecule has 0 unspecified atom stereocenters. The molecule has 0 saturated carbocycles. The quantitative estimate of drug-likeness (QED) is 0.787. The molecule has 0 atom stereocenters. The Bertz CT molecular complexity index is 851. The molecule has 156 valence electrons. The molecule has 2 aromatic rings. The Kier molecular flexibility index (Phi) is 7.03. The van der Waals surface area contributed by atoms with Crippen molar-refractivity contribution in [3.63, 3.8) is 0 Å². The van der Waals surface area contributed by atoms with Crippen molar-refractivity contribution < 1.29 is 9.59 Å². The maximum atomic E-state index is 12.8. The number of nitrogens with one attached hydrogen (secondary N) is 1. The van der Waals surface area contributed by atoms with Crippen LogP contribution in [0.25, 0.3) is 0 Å². The van der Waals surface area contributed by atoms with Gasteiger partial charge in [0.2, 0.25) is 11.8 Å². The van der Waals surface area contributed by atoms with Crippen LogP contribution in [0.2, 0.25) is 0 Å². The van der Waals surface area contributed by atoms with Gasteiger partial charge in [0.05, 0.1) is 17.2 Å². The van der Waals surface area contributed by atoms with Gasteiger partial charge >= 0.3 is 0 Å². The van der Waals surface area contributed by atoms with E-state index in [1.165, 1.54) is 0 Å². The van der Waals surface area contributed by atoms with E-state index < -0.39 is 0 Å². The number of piperidine rings is 1. The first-order valence-corrected chi connectivity index (χ1v) is 11.0. The molecule has 29 heavy (non-hydrogen) atoms. The number of nitrogens with zero attached hydrogens (tertiary/aromatic N) is 3. The van der Waals surface area contributed by atoms with Crippen molar-refractivity contribution in [2.45, 2.75) is 40.2 Å². The van der Waals surface area contributed by atoms with E-state index in [1.54, 1.807) is 23.3 Å². The van der Waals surface area contributed by atoms with Gasteiger partial charge in [-0.1, -0.05) is 18.2 Å². The lowest BCUT2D eigenvalue weighted by atomic mass is 9.95. The summed E-state index contributed by atoms with van der Waals surface area (Å²) in [5.74, 6) is -0.109. The van der Waals surface area contributed by atoms with E-state index in [9.17, 15) is 9.59 Å². The van der Waals surface area contributed by atoms with Crippen molar-refractivity contribution >= 4 is 28.8 Å². The van der Waals surface area contributed by atoms with Crippen molar-refractivity contribution in [2.75, 3.05) is 32.0 Å². The highest BCUT2D eigenvalue weighted by Crippen LogP contribution is 2.22. The van der Waals surface area contributed by atoms with Crippen molar-refractivity contribution in [1.82, 2.24) is 14.8 Å². The third kappa shape index (κ3) is 5.64. The summed E-state index contributed by atoms with van der Waals surface area (Å²) in [5, 5.41) is 6.15.